The molecule has 0 fully saturated rings. The van der Waals surface area contributed by atoms with Crippen LogP contribution in [0.15, 0.2) is 59.5 Å². The molecule has 26 heavy (non-hydrogen) atoms. The van der Waals surface area contributed by atoms with Gasteiger partial charge in [0.25, 0.3) is 15.7 Å². The van der Waals surface area contributed by atoms with Crippen molar-refractivity contribution in [3.63, 3.8) is 0 Å². The van der Waals surface area contributed by atoms with E-state index in [4.69, 9.17) is 11.6 Å². The van der Waals surface area contributed by atoms with Crippen LogP contribution >= 0.6 is 11.6 Å². The number of aryl methyl sites for hydroxylation is 1. The average Bonchev–Trinajstić information content (AvgIpc) is 2.95. The van der Waals surface area contributed by atoms with Crippen molar-refractivity contribution >= 4 is 33.1 Å². The summed E-state index contributed by atoms with van der Waals surface area (Å²) < 4.78 is 29.1. The number of nitrogens with one attached hydrogen (secondary N) is 1. The van der Waals surface area contributed by atoms with Gasteiger partial charge in [-0.1, -0.05) is 11.6 Å². The number of nitrogens with zero attached hydrogens (tertiary/aromatic N) is 3. The molecular formula is C16H13ClN4O4S. The zero-order valence-corrected chi connectivity index (χ0v) is 15.0. The SMILES string of the molecule is Cc1cc(NS(=O)(=O)c2ccc([N+](=O)[O-])cc2)n(-c2ccc(Cl)cc2)n1. The molecule has 3 aromatic rings. The monoisotopic (exact) mass is 392 g/mol. The largest absolute Gasteiger partial charge is 0.269 e. The first-order valence-electron chi connectivity index (χ1n) is 7.36. The van der Waals surface area contributed by atoms with Crippen molar-refractivity contribution in [2.24, 2.45) is 0 Å². The van der Waals surface area contributed by atoms with Crippen LogP contribution in [0.3, 0.4) is 0 Å². The zero-order chi connectivity index (χ0) is 18.9. The first kappa shape index (κ1) is 17.9. The Labute approximate surface area is 154 Å². The fraction of sp³-hybridized carbons (Fsp3) is 0.0625. The summed E-state index contributed by atoms with van der Waals surface area (Å²) in [5.74, 6) is 0.239. The Bertz CT molecular complexity index is 1060. The molecule has 0 atom stereocenters. The van der Waals surface area contributed by atoms with Gasteiger partial charge in [-0.15, -0.1) is 0 Å². The molecule has 0 amide bonds. The third-order valence-corrected chi connectivity index (χ3v) is 5.12. The molecule has 0 saturated heterocycles. The number of aromatic nitrogens is 2. The Morgan fingerprint density at radius 3 is 2.31 bits per heavy atom. The Hall–Kier alpha value is -2.91. The van der Waals surface area contributed by atoms with Crippen LogP contribution in [0.1, 0.15) is 5.69 Å². The molecule has 0 spiro atoms. The van der Waals surface area contributed by atoms with Gasteiger partial charge in [0.15, 0.2) is 0 Å². The number of hydrogen-bond acceptors (Lipinski definition) is 5. The number of halogens is 1. The lowest BCUT2D eigenvalue weighted by Gasteiger charge is -2.10. The minimum atomic E-state index is -3.94. The summed E-state index contributed by atoms with van der Waals surface area (Å²) in [4.78, 5) is 10.0. The van der Waals surface area contributed by atoms with Gasteiger partial charge in [-0.05, 0) is 43.3 Å². The molecule has 134 valence electrons. The summed E-state index contributed by atoms with van der Waals surface area (Å²) >= 11 is 5.88. The third kappa shape index (κ3) is 3.68. The molecule has 1 aromatic heterocycles. The normalized spacial score (nSPS) is 11.3. The van der Waals surface area contributed by atoms with E-state index in [1.165, 1.54) is 16.8 Å². The second-order valence-electron chi connectivity index (χ2n) is 5.42. The first-order valence-corrected chi connectivity index (χ1v) is 9.22. The Morgan fingerprint density at radius 1 is 1.12 bits per heavy atom. The summed E-state index contributed by atoms with van der Waals surface area (Å²) in [6.45, 7) is 1.73. The van der Waals surface area contributed by atoms with Crippen molar-refractivity contribution in [1.82, 2.24) is 9.78 Å². The number of hydrogen-bond donors (Lipinski definition) is 1. The number of non-ortho nitro benzene ring substituents is 1. The molecule has 0 radical (unpaired) electrons. The van der Waals surface area contributed by atoms with Gasteiger partial charge in [0.1, 0.15) is 5.82 Å². The molecule has 10 heteroatoms. The zero-order valence-electron chi connectivity index (χ0n) is 13.5. The molecule has 1 heterocycles. The molecule has 0 aliphatic rings. The van der Waals surface area contributed by atoms with Crippen LogP contribution in [0.5, 0.6) is 0 Å². The van der Waals surface area contributed by atoms with Crippen molar-refractivity contribution < 1.29 is 13.3 Å². The summed E-state index contributed by atoms with van der Waals surface area (Å²) in [6, 6.07) is 13.0. The molecule has 0 unspecified atom stereocenters. The fourth-order valence-corrected chi connectivity index (χ4v) is 3.45. The predicted molar refractivity (Wildman–Crippen MR) is 97.2 cm³/mol. The van der Waals surface area contributed by atoms with Gasteiger partial charge >= 0.3 is 0 Å². The summed E-state index contributed by atoms with van der Waals surface area (Å²) in [7, 11) is -3.94. The van der Waals surface area contributed by atoms with E-state index >= 15 is 0 Å². The minimum absolute atomic E-state index is 0.0930. The Morgan fingerprint density at radius 2 is 1.73 bits per heavy atom. The molecule has 3 rings (SSSR count). The van der Waals surface area contributed by atoms with Gasteiger partial charge in [-0.3, -0.25) is 14.8 Å². The Kier molecular flexibility index (Phi) is 4.66. The first-order chi connectivity index (χ1) is 12.3. The molecule has 1 N–H and O–H groups in total. The van der Waals surface area contributed by atoms with E-state index in [1.807, 2.05) is 0 Å². The van der Waals surface area contributed by atoms with Crippen LogP contribution in [-0.2, 0) is 10.0 Å². The molecule has 2 aromatic carbocycles. The molecule has 0 aliphatic carbocycles. The van der Waals surface area contributed by atoms with Crippen molar-refractivity contribution in [1.29, 1.82) is 0 Å². The highest BCUT2D eigenvalue weighted by Gasteiger charge is 2.19. The average molecular weight is 393 g/mol. The van der Waals surface area contributed by atoms with E-state index in [0.717, 1.165) is 12.1 Å². The number of benzene rings is 2. The smallest absolute Gasteiger partial charge is 0.263 e. The molecule has 0 saturated carbocycles. The van der Waals surface area contributed by atoms with Crippen LogP contribution < -0.4 is 4.72 Å². The van der Waals surface area contributed by atoms with E-state index in [0.29, 0.717) is 16.4 Å². The van der Waals surface area contributed by atoms with Crippen LogP contribution in [0.25, 0.3) is 5.69 Å². The molecule has 8 nitrogen and oxygen atoms in total. The topological polar surface area (TPSA) is 107 Å². The van der Waals surface area contributed by atoms with Gasteiger partial charge in [-0.25, -0.2) is 13.1 Å². The standard InChI is InChI=1S/C16H13ClN4O4S/c1-11-10-16(20(18-11)13-4-2-12(17)3-5-13)19-26(24,25)15-8-6-14(7-9-15)21(22)23/h2-10,19H,1H3. The Balaban J connectivity index is 1.95. The van der Waals surface area contributed by atoms with Crippen LogP contribution in [0.2, 0.25) is 5.02 Å². The van der Waals surface area contributed by atoms with Gasteiger partial charge in [-0.2, -0.15) is 5.10 Å². The molecule has 0 bridgehead atoms. The van der Waals surface area contributed by atoms with Gasteiger partial charge in [0.2, 0.25) is 0 Å². The van der Waals surface area contributed by atoms with Crippen molar-refractivity contribution in [2.45, 2.75) is 11.8 Å². The molecule has 0 aliphatic heterocycles. The van der Waals surface area contributed by atoms with Gasteiger partial charge < -0.3 is 0 Å². The third-order valence-electron chi connectivity index (χ3n) is 3.50. The quantitative estimate of drug-likeness (QED) is 0.527. The highest BCUT2D eigenvalue weighted by Crippen LogP contribution is 2.23. The lowest BCUT2D eigenvalue weighted by atomic mass is 10.3. The number of nitro groups is 1. The fourth-order valence-electron chi connectivity index (χ4n) is 2.29. The van der Waals surface area contributed by atoms with E-state index in [1.54, 1.807) is 37.3 Å². The maximum absolute atomic E-state index is 12.6. The highest BCUT2D eigenvalue weighted by molar-refractivity contribution is 7.92. The summed E-state index contributed by atoms with van der Waals surface area (Å²) in [6.07, 6.45) is 0. The van der Waals surface area contributed by atoms with E-state index in [2.05, 4.69) is 9.82 Å². The number of anilines is 1. The van der Waals surface area contributed by atoms with Crippen molar-refractivity contribution in [2.75, 3.05) is 4.72 Å². The van der Waals surface area contributed by atoms with Crippen LogP contribution in [0, 0.1) is 17.0 Å². The lowest BCUT2D eigenvalue weighted by molar-refractivity contribution is -0.384. The predicted octanol–water partition coefficient (Wildman–Crippen LogP) is 3.54. The van der Waals surface area contributed by atoms with Crippen molar-refractivity contribution in [3.05, 3.63) is 75.4 Å². The maximum atomic E-state index is 12.6. The van der Waals surface area contributed by atoms with Gasteiger partial charge in [0.05, 0.1) is 21.2 Å². The lowest BCUT2D eigenvalue weighted by Crippen LogP contribution is -2.16. The van der Waals surface area contributed by atoms with E-state index < -0.39 is 14.9 Å². The summed E-state index contributed by atoms with van der Waals surface area (Å²) in [5, 5.41) is 15.5. The second-order valence-corrected chi connectivity index (χ2v) is 7.53. The van der Waals surface area contributed by atoms with Crippen LogP contribution in [0.4, 0.5) is 11.5 Å². The number of nitro benzene ring substituents is 1. The van der Waals surface area contributed by atoms with Gasteiger partial charge in [0, 0.05) is 23.2 Å². The van der Waals surface area contributed by atoms with E-state index in [9.17, 15) is 18.5 Å². The molecular weight excluding hydrogens is 380 g/mol. The van der Waals surface area contributed by atoms with Crippen LogP contribution in [-0.4, -0.2) is 23.1 Å². The minimum Gasteiger partial charge on any atom is -0.263 e. The highest BCUT2D eigenvalue weighted by atomic mass is 35.5. The number of sulfonamides is 1. The summed E-state index contributed by atoms with van der Waals surface area (Å²) in [5.41, 5.74) is 1.05. The van der Waals surface area contributed by atoms with E-state index in [-0.39, 0.29) is 16.4 Å². The second kappa shape index (κ2) is 6.77. The van der Waals surface area contributed by atoms with Crippen molar-refractivity contribution in [3.8, 4) is 5.69 Å². The number of rotatable bonds is 5. The maximum Gasteiger partial charge on any atom is 0.269 e.